The highest BCUT2D eigenvalue weighted by molar-refractivity contribution is 6.21. The summed E-state index contributed by atoms with van der Waals surface area (Å²) in [7, 11) is 2.85. The molecular weight excluding hydrogens is 319 g/mol. The van der Waals surface area contributed by atoms with E-state index >= 15 is 0 Å². The van der Waals surface area contributed by atoms with Gasteiger partial charge < -0.3 is 0 Å². The molecule has 0 aliphatic heterocycles. The summed E-state index contributed by atoms with van der Waals surface area (Å²) >= 11 is 5.32. The maximum atomic E-state index is 13.3. The third kappa shape index (κ3) is 2.31. The van der Waals surface area contributed by atoms with Crippen molar-refractivity contribution in [2.75, 3.05) is 0 Å². The van der Waals surface area contributed by atoms with Crippen LogP contribution in [0.4, 0.5) is 22.0 Å². The Morgan fingerprint density at radius 3 is 2.10 bits per heavy atom. The fraction of sp³-hybridized carbons (Fsp3) is 0.417. The first-order chi connectivity index (χ1) is 9.48. The molecule has 0 saturated heterocycles. The van der Waals surface area contributed by atoms with Gasteiger partial charge in [-0.2, -0.15) is 22.0 Å². The van der Waals surface area contributed by atoms with Gasteiger partial charge in [-0.15, -0.1) is 11.6 Å². The third-order valence-electron chi connectivity index (χ3n) is 3.28. The molecule has 0 amide bonds. The van der Waals surface area contributed by atoms with E-state index in [0.29, 0.717) is 5.52 Å². The maximum absolute atomic E-state index is 13.3. The van der Waals surface area contributed by atoms with Gasteiger partial charge in [-0.05, 0) is 17.7 Å². The van der Waals surface area contributed by atoms with Crippen LogP contribution >= 0.6 is 11.6 Å². The summed E-state index contributed by atoms with van der Waals surface area (Å²) in [4.78, 5) is 11.7. The summed E-state index contributed by atoms with van der Waals surface area (Å²) < 4.78 is 65.9. The molecule has 0 saturated carbocycles. The quantitative estimate of drug-likeness (QED) is 0.613. The summed E-state index contributed by atoms with van der Waals surface area (Å²) in [5.74, 6) is -5.07. The Morgan fingerprint density at radius 2 is 1.57 bits per heavy atom. The minimum Gasteiger partial charge on any atom is -0.295 e. The number of aryl methyl sites for hydroxylation is 2. The van der Waals surface area contributed by atoms with Crippen molar-refractivity contribution in [3.63, 3.8) is 0 Å². The lowest BCUT2D eigenvalue weighted by Crippen LogP contribution is -2.40. The van der Waals surface area contributed by atoms with Gasteiger partial charge >= 0.3 is 17.8 Å². The number of benzene rings is 1. The van der Waals surface area contributed by atoms with Gasteiger partial charge in [0.1, 0.15) is 5.38 Å². The SMILES string of the molecule is Cn1c(=O)n(C)c2cc(C(Cl)C(F)(F)C(F)(F)F)ccc21. The van der Waals surface area contributed by atoms with Crippen LogP contribution in [0.15, 0.2) is 23.0 Å². The summed E-state index contributed by atoms with van der Waals surface area (Å²) in [5.41, 5.74) is -0.197. The molecule has 9 heteroatoms. The van der Waals surface area contributed by atoms with Gasteiger partial charge in [0.15, 0.2) is 0 Å². The zero-order valence-corrected chi connectivity index (χ0v) is 11.6. The standard InChI is InChI=1S/C12H10ClF5N2O/c1-19-7-4-3-6(5-8(7)20(2)10(19)21)9(13)11(14,15)12(16,17)18/h3-5,9H,1-2H3. The Balaban J connectivity index is 2.59. The molecule has 1 aromatic heterocycles. The Hall–Kier alpha value is -1.57. The van der Waals surface area contributed by atoms with Crippen LogP contribution in [0.1, 0.15) is 10.9 Å². The van der Waals surface area contributed by atoms with Gasteiger partial charge in [0, 0.05) is 14.1 Å². The highest BCUT2D eigenvalue weighted by Gasteiger charge is 2.62. The van der Waals surface area contributed by atoms with E-state index in [9.17, 15) is 26.7 Å². The lowest BCUT2D eigenvalue weighted by molar-refractivity contribution is -0.283. The highest BCUT2D eigenvalue weighted by atomic mass is 35.5. The number of fused-ring (bicyclic) bond motifs is 1. The molecule has 0 aliphatic carbocycles. The molecule has 3 nitrogen and oxygen atoms in total. The number of rotatable bonds is 2. The van der Waals surface area contributed by atoms with Crippen molar-refractivity contribution >= 4 is 22.6 Å². The lowest BCUT2D eigenvalue weighted by Gasteiger charge is -2.24. The van der Waals surface area contributed by atoms with E-state index in [1.54, 1.807) is 0 Å². The molecule has 0 bridgehead atoms. The predicted molar refractivity (Wildman–Crippen MR) is 67.8 cm³/mol. The third-order valence-corrected chi connectivity index (χ3v) is 3.81. The molecule has 1 aromatic carbocycles. The first-order valence-electron chi connectivity index (χ1n) is 5.72. The average Bonchev–Trinajstić information content (AvgIpc) is 2.61. The van der Waals surface area contributed by atoms with E-state index < -0.39 is 28.7 Å². The van der Waals surface area contributed by atoms with Crippen LogP contribution in [0.3, 0.4) is 0 Å². The van der Waals surface area contributed by atoms with Crippen LogP contribution < -0.4 is 5.69 Å². The minimum absolute atomic E-state index is 0.226. The molecule has 0 spiro atoms. The molecule has 1 unspecified atom stereocenters. The van der Waals surface area contributed by atoms with E-state index in [-0.39, 0.29) is 5.52 Å². The molecule has 1 atom stereocenters. The van der Waals surface area contributed by atoms with Crippen LogP contribution in [0.2, 0.25) is 0 Å². The van der Waals surface area contributed by atoms with Crippen LogP contribution in [0.25, 0.3) is 11.0 Å². The zero-order valence-electron chi connectivity index (χ0n) is 10.9. The topological polar surface area (TPSA) is 26.9 Å². The van der Waals surface area contributed by atoms with Crippen molar-refractivity contribution in [2.24, 2.45) is 14.1 Å². The van der Waals surface area contributed by atoms with Gasteiger partial charge in [0.05, 0.1) is 11.0 Å². The van der Waals surface area contributed by atoms with Crippen LogP contribution in [-0.2, 0) is 14.1 Å². The lowest BCUT2D eigenvalue weighted by atomic mass is 10.1. The highest BCUT2D eigenvalue weighted by Crippen LogP contribution is 2.48. The number of nitrogens with zero attached hydrogens (tertiary/aromatic N) is 2. The Morgan fingerprint density at radius 1 is 1.05 bits per heavy atom. The Bertz CT molecular complexity index is 746. The monoisotopic (exact) mass is 328 g/mol. The van der Waals surface area contributed by atoms with Crippen molar-refractivity contribution < 1.29 is 22.0 Å². The molecule has 1 heterocycles. The number of aromatic nitrogens is 2. The molecule has 0 radical (unpaired) electrons. The Kier molecular flexibility index (Phi) is 3.56. The largest absolute Gasteiger partial charge is 0.455 e. The van der Waals surface area contributed by atoms with E-state index in [1.807, 2.05) is 0 Å². The molecule has 2 aromatic rings. The van der Waals surface area contributed by atoms with Gasteiger partial charge in [0.25, 0.3) is 0 Å². The molecule has 2 rings (SSSR count). The van der Waals surface area contributed by atoms with Crippen LogP contribution in [0.5, 0.6) is 0 Å². The molecule has 0 fully saturated rings. The number of imidazole rings is 1. The number of alkyl halides is 6. The minimum atomic E-state index is -5.75. The van der Waals surface area contributed by atoms with Gasteiger partial charge in [-0.1, -0.05) is 6.07 Å². The number of halogens is 6. The average molecular weight is 329 g/mol. The van der Waals surface area contributed by atoms with Crippen molar-refractivity contribution in [1.29, 1.82) is 0 Å². The van der Waals surface area contributed by atoms with Crippen molar-refractivity contribution in [3.8, 4) is 0 Å². The van der Waals surface area contributed by atoms with E-state index in [2.05, 4.69) is 0 Å². The van der Waals surface area contributed by atoms with Crippen LogP contribution in [-0.4, -0.2) is 21.2 Å². The molecule has 21 heavy (non-hydrogen) atoms. The van der Waals surface area contributed by atoms with Crippen molar-refractivity contribution in [3.05, 3.63) is 34.2 Å². The second-order valence-corrected chi connectivity index (χ2v) is 5.07. The number of hydrogen-bond acceptors (Lipinski definition) is 1. The first kappa shape index (κ1) is 15.8. The van der Waals surface area contributed by atoms with Crippen LogP contribution in [0, 0.1) is 0 Å². The van der Waals surface area contributed by atoms with Crippen molar-refractivity contribution in [1.82, 2.24) is 9.13 Å². The molecule has 0 N–H and O–H groups in total. The summed E-state index contributed by atoms with van der Waals surface area (Å²) in [5, 5.41) is -2.57. The molecule has 0 aliphatic rings. The van der Waals surface area contributed by atoms with E-state index in [0.717, 1.165) is 16.7 Å². The summed E-state index contributed by atoms with van der Waals surface area (Å²) in [6.45, 7) is 0. The molecule has 116 valence electrons. The summed E-state index contributed by atoms with van der Waals surface area (Å²) in [6, 6.07) is 3.40. The predicted octanol–water partition coefficient (Wildman–Crippen LogP) is 3.35. The fourth-order valence-corrected chi connectivity index (χ4v) is 2.29. The first-order valence-corrected chi connectivity index (χ1v) is 6.16. The maximum Gasteiger partial charge on any atom is 0.455 e. The van der Waals surface area contributed by atoms with E-state index in [1.165, 1.54) is 24.7 Å². The van der Waals surface area contributed by atoms with Gasteiger partial charge in [-0.3, -0.25) is 9.13 Å². The smallest absolute Gasteiger partial charge is 0.295 e. The zero-order chi connectivity index (χ0) is 16.2. The summed E-state index contributed by atoms with van der Waals surface area (Å²) in [6.07, 6.45) is -5.75. The Labute approximate surface area is 120 Å². The van der Waals surface area contributed by atoms with Gasteiger partial charge in [0.2, 0.25) is 0 Å². The second-order valence-electron chi connectivity index (χ2n) is 4.63. The molecular formula is C12H10ClF5N2O. The van der Waals surface area contributed by atoms with Crippen molar-refractivity contribution in [2.45, 2.75) is 17.5 Å². The van der Waals surface area contributed by atoms with Gasteiger partial charge in [-0.25, -0.2) is 4.79 Å². The normalized spacial score (nSPS) is 14.7. The van der Waals surface area contributed by atoms with E-state index in [4.69, 9.17) is 11.6 Å². The second kappa shape index (κ2) is 4.72. The number of hydrogen-bond donors (Lipinski definition) is 0. The fourth-order valence-electron chi connectivity index (χ4n) is 2.03.